The highest BCUT2D eigenvalue weighted by Gasteiger charge is 2.52. The number of aliphatic hydroxyl groups excluding tert-OH is 6. The molecule has 0 radical (unpaired) electrons. The molecule has 2 aliphatic heterocycles. The number of aliphatic hydroxyl groups is 6. The third-order valence-electron chi connectivity index (χ3n) is 6.85. The summed E-state index contributed by atoms with van der Waals surface area (Å²) in [6, 6.07) is -1.50. The third-order valence-corrected chi connectivity index (χ3v) is 7.84. The molecule has 2 saturated heterocycles. The number of phosphoric ester groups is 1. The maximum absolute atomic E-state index is 12.6. The Bertz CT molecular complexity index is 791. The predicted octanol–water partition coefficient (Wildman–Crippen LogP) is -0.971. The first-order valence-electron chi connectivity index (χ1n) is 13.8. The number of hydrogen-bond acceptors (Lipinski definition) is 13. The minimum atomic E-state index is -4.73. The van der Waals surface area contributed by atoms with Crippen molar-refractivity contribution in [1.29, 1.82) is 0 Å². The van der Waals surface area contributed by atoms with E-state index in [2.05, 4.69) is 12.2 Å². The highest BCUT2D eigenvalue weighted by molar-refractivity contribution is 7.47. The monoisotopic (exact) mass is 603 g/mol. The fourth-order valence-corrected chi connectivity index (χ4v) is 5.49. The van der Waals surface area contributed by atoms with Gasteiger partial charge in [0, 0.05) is 6.92 Å². The minimum Gasteiger partial charge on any atom is -0.394 e. The molecule has 8 N–H and O–H groups in total. The zero-order valence-corrected chi connectivity index (χ0v) is 23.9. The van der Waals surface area contributed by atoms with Crippen LogP contribution in [0.4, 0.5) is 0 Å². The van der Waals surface area contributed by atoms with Crippen molar-refractivity contribution in [1.82, 2.24) is 5.32 Å². The zero-order chi connectivity index (χ0) is 29.9. The molecule has 1 amide bonds. The van der Waals surface area contributed by atoms with Crippen LogP contribution >= 0.6 is 7.82 Å². The van der Waals surface area contributed by atoms with Gasteiger partial charge in [0.1, 0.15) is 48.8 Å². The molecule has 0 bridgehead atoms. The van der Waals surface area contributed by atoms with E-state index < -0.39 is 88.3 Å². The Morgan fingerprint density at radius 3 is 1.98 bits per heavy atom. The molecule has 2 heterocycles. The molecule has 2 fully saturated rings. The van der Waals surface area contributed by atoms with E-state index in [9.17, 15) is 44.9 Å². The predicted molar refractivity (Wildman–Crippen MR) is 137 cm³/mol. The number of rotatable bonds is 17. The molecule has 1 unspecified atom stereocenters. The maximum atomic E-state index is 12.6. The molecule has 15 nitrogen and oxygen atoms in total. The van der Waals surface area contributed by atoms with Crippen LogP contribution in [0.25, 0.3) is 0 Å². The summed E-state index contributed by atoms with van der Waals surface area (Å²) < 4.78 is 39.2. The van der Waals surface area contributed by atoms with Gasteiger partial charge < -0.3 is 55.1 Å². The number of hydrogen-bond donors (Lipinski definition) is 8. The molecular weight excluding hydrogens is 557 g/mol. The van der Waals surface area contributed by atoms with E-state index in [0.717, 1.165) is 39.0 Å². The van der Waals surface area contributed by atoms with Crippen LogP contribution in [0, 0.1) is 0 Å². The van der Waals surface area contributed by atoms with Crippen LogP contribution < -0.4 is 5.32 Å². The van der Waals surface area contributed by atoms with Crippen LogP contribution in [-0.4, -0.2) is 123 Å². The number of carbonyl (C=O) groups excluding carboxylic acids is 1. The summed E-state index contributed by atoms with van der Waals surface area (Å²) in [5, 5.41) is 62.9. The second kappa shape index (κ2) is 17.4. The molecule has 236 valence electrons. The van der Waals surface area contributed by atoms with Gasteiger partial charge in [0.15, 0.2) is 12.6 Å². The first-order valence-corrected chi connectivity index (χ1v) is 15.3. The number of ether oxygens (including phenoxy) is 3. The Balaban J connectivity index is 2.01. The highest BCUT2D eigenvalue weighted by Crippen LogP contribution is 2.47. The third kappa shape index (κ3) is 10.5. The molecule has 0 aromatic carbocycles. The van der Waals surface area contributed by atoms with Gasteiger partial charge in [-0.05, 0) is 6.42 Å². The quantitative estimate of drug-likeness (QED) is 0.0738. The van der Waals surface area contributed by atoms with Crippen molar-refractivity contribution in [2.24, 2.45) is 0 Å². The van der Waals surface area contributed by atoms with Crippen molar-refractivity contribution >= 4 is 13.7 Å². The summed E-state index contributed by atoms with van der Waals surface area (Å²) in [6.07, 6.45) is -6.70. The first kappa shape index (κ1) is 35.4. The van der Waals surface area contributed by atoms with Crippen molar-refractivity contribution in [3.8, 4) is 0 Å². The van der Waals surface area contributed by atoms with E-state index >= 15 is 0 Å². The second-order valence-electron chi connectivity index (χ2n) is 10.1. The molecule has 0 aliphatic carbocycles. The molecule has 40 heavy (non-hydrogen) atoms. The molecule has 16 heteroatoms. The average molecular weight is 604 g/mol. The summed E-state index contributed by atoms with van der Waals surface area (Å²) >= 11 is 0. The smallest absolute Gasteiger partial charge is 0.394 e. The fourth-order valence-electron chi connectivity index (χ4n) is 4.63. The number of carbonyl (C=O) groups is 1. The van der Waals surface area contributed by atoms with Crippen molar-refractivity contribution in [3.63, 3.8) is 0 Å². The Hall–Kier alpha value is -0.780. The lowest BCUT2D eigenvalue weighted by molar-refractivity contribution is -0.344. The van der Waals surface area contributed by atoms with Gasteiger partial charge in [-0.3, -0.25) is 13.8 Å². The lowest BCUT2D eigenvalue weighted by Crippen LogP contribution is -2.67. The summed E-state index contributed by atoms with van der Waals surface area (Å²) in [5.74, 6) is -0.664. The number of nitrogens with one attached hydrogen (secondary N) is 1. The summed E-state index contributed by atoms with van der Waals surface area (Å²) in [7, 11) is -4.73. The molecule has 0 spiro atoms. The van der Waals surface area contributed by atoms with Gasteiger partial charge in [0.25, 0.3) is 0 Å². The average Bonchev–Trinajstić information content (AvgIpc) is 2.90. The Kier molecular flexibility index (Phi) is 15.4. The largest absolute Gasteiger partial charge is 0.474 e. The first-order chi connectivity index (χ1) is 18.9. The fraction of sp³-hybridized carbons (Fsp3) is 0.958. The van der Waals surface area contributed by atoms with Gasteiger partial charge in [0.05, 0.1) is 19.8 Å². The topological polar surface area (TPSA) is 234 Å². The standard InChI is InChI=1S/C24H46NO14P/c1-3-4-5-6-7-8-9-10-11-35-40(33,34)39-23-17(25-14(2)28)19(30)22(16(13-27)37-23)38-24-21(32)20(31)18(29)15(12-26)36-24/h15-24,26-27,29-32H,3-13H2,1-2H3,(H,25,28)(H,33,34)/t15-,16-,17+,18+,19-,20+,21-,22-,23-,24+/m1/s1. The van der Waals surface area contributed by atoms with Crippen molar-refractivity contribution in [2.75, 3.05) is 19.8 Å². The van der Waals surface area contributed by atoms with Crippen LogP contribution in [0.5, 0.6) is 0 Å². The van der Waals surface area contributed by atoms with Gasteiger partial charge in [-0.25, -0.2) is 4.57 Å². The van der Waals surface area contributed by atoms with Gasteiger partial charge in [0.2, 0.25) is 5.91 Å². The Morgan fingerprint density at radius 1 is 0.825 bits per heavy atom. The van der Waals surface area contributed by atoms with Crippen molar-refractivity contribution in [3.05, 3.63) is 0 Å². The van der Waals surface area contributed by atoms with Crippen molar-refractivity contribution in [2.45, 2.75) is 127 Å². The van der Waals surface area contributed by atoms with E-state index in [-0.39, 0.29) is 6.61 Å². The number of unbranched alkanes of at least 4 members (excludes halogenated alkanes) is 7. The Labute approximate surface area is 234 Å². The second-order valence-corrected chi connectivity index (χ2v) is 11.5. The van der Waals surface area contributed by atoms with Gasteiger partial charge in [-0.2, -0.15) is 0 Å². The number of amides is 1. The van der Waals surface area contributed by atoms with Gasteiger partial charge in [-0.1, -0.05) is 51.9 Å². The van der Waals surface area contributed by atoms with E-state index in [1.54, 1.807) is 0 Å². The van der Waals surface area contributed by atoms with Crippen LogP contribution in [-0.2, 0) is 32.6 Å². The van der Waals surface area contributed by atoms with Crippen LogP contribution in [0.15, 0.2) is 0 Å². The van der Waals surface area contributed by atoms with Gasteiger partial charge in [-0.15, -0.1) is 0 Å². The lowest BCUT2D eigenvalue weighted by atomic mass is 9.95. The van der Waals surface area contributed by atoms with E-state index in [0.29, 0.717) is 6.42 Å². The summed E-state index contributed by atoms with van der Waals surface area (Å²) in [4.78, 5) is 22.1. The van der Waals surface area contributed by atoms with E-state index in [4.69, 9.17) is 23.3 Å². The Morgan fingerprint density at radius 2 is 1.40 bits per heavy atom. The van der Waals surface area contributed by atoms with Crippen LogP contribution in [0.3, 0.4) is 0 Å². The van der Waals surface area contributed by atoms with Gasteiger partial charge >= 0.3 is 7.82 Å². The van der Waals surface area contributed by atoms with E-state index in [1.807, 2.05) is 0 Å². The van der Waals surface area contributed by atoms with Crippen LogP contribution in [0.1, 0.15) is 65.2 Å². The summed E-state index contributed by atoms with van der Waals surface area (Å²) in [6.45, 7) is 1.65. The molecule has 0 aromatic heterocycles. The molecule has 0 aromatic rings. The minimum absolute atomic E-state index is 0.0743. The maximum Gasteiger partial charge on any atom is 0.474 e. The summed E-state index contributed by atoms with van der Waals surface area (Å²) in [5.41, 5.74) is 0. The van der Waals surface area contributed by atoms with Crippen molar-refractivity contribution < 1.29 is 68.2 Å². The highest BCUT2D eigenvalue weighted by atomic mass is 31.2. The lowest BCUT2D eigenvalue weighted by Gasteiger charge is -2.47. The molecule has 2 rings (SSSR count). The SMILES string of the molecule is CCCCCCCCCCOP(=O)(O)O[C@H]1O[C@H](CO)[C@@H](O[C@@H]2O[C@H](CO)[C@H](O)[C@H](O)[C@H]2O)[C@H](O)[C@@H]1NC(C)=O. The van der Waals surface area contributed by atoms with E-state index in [1.165, 1.54) is 12.8 Å². The normalized spacial score (nSPS) is 36.2. The number of phosphoric acid groups is 1. The van der Waals surface area contributed by atoms with Crippen LogP contribution in [0.2, 0.25) is 0 Å². The molecule has 11 atom stereocenters. The zero-order valence-electron chi connectivity index (χ0n) is 23.0. The molecule has 2 aliphatic rings. The molecule has 0 saturated carbocycles. The molecular formula is C24H46NO14P.